The maximum Gasteiger partial charge on any atom is 2.00 e. The van der Waals surface area contributed by atoms with Crippen LogP contribution in [0.2, 0.25) is 10.0 Å². The topological polar surface area (TPSA) is 155 Å². The summed E-state index contributed by atoms with van der Waals surface area (Å²) in [5.74, 6) is -2.71. The molecular weight excluding hydrogens is 477 g/mol. The molecule has 29 heavy (non-hydrogen) atoms. The number of pyridine rings is 1. The van der Waals surface area contributed by atoms with Gasteiger partial charge in [0.25, 0.3) is 5.91 Å². The molecule has 0 bridgehead atoms. The first-order valence-corrected chi connectivity index (χ1v) is 8.06. The number of hydrogen-bond acceptors (Lipinski definition) is 8. The van der Waals surface area contributed by atoms with Crippen LogP contribution in [0.25, 0.3) is 0 Å². The van der Waals surface area contributed by atoms with Gasteiger partial charge in [-0.3, -0.25) is 9.78 Å². The number of aromatic nitrogens is 1. The number of carbonyl (C=O) groups is 3. The molecule has 0 aliphatic heterocycles. The predicted octanol–water partition coefficient (Wildman–Crippen LogP) is 0.368. The molecule has 0 spiro atoms. The molecular formula is C17H15Cl2CuN3O6. The Labute approximate surface area is 186 Å². The molecule has 159 valence electrons. The zero-order valence-electron chi connectivity index (χ0n) is 15.0. The molecule has 0 saturated heterocycles. The molecule has 0 aliphatic carbocycles. The number of carbonyl (C=O) groups excluding carboxylic acids is 3. The average Bonchev–Trinajstić information content (AvgIpc) is 2.58. The number of halogens is 2. The second-order valence-corrected chi connectivity index (χ2v) is 5.59. The molecule has 1 radical (unpaired) electrons. The Morgan fingerprint density at radius 2 is 1.59 bits per heavy atom. The zero-order chi connectivity index (χ0) is 21.7. The van der Waals surface area contributed by atoms with Crippen molar-refractivity contribution in [3.8, 4) is 5.75 Å². The molecule has 1 amide bonds. The van der Waals surface area contributed by atoms with E-state index in [0.717, 1.165) is 13.8 Å². The number of amides is 1. The van der Waals surface area contributed by atoms with Crippen molar-refractivity contribution in [3.63, 3.8) is 0 Å². The average molecular weight is 492 g/mol. The van der Waals surface area contributed by atoms with Crippen molar-refractivity contribution in [2.75, 3.05) is 0 Å². The maximum absolute atomic E-state index is 11.7. The Balaban J connectivity index is 0. The molecule has 1 heterocycles. The number of rotatable bonds is 3. The fourth-order valence-corrected chi connectivity index (χ4v) is 1.92. The summed E-state index contributed by atoms with van der Waals surface area (Å²) in [6.07, 6.45) is 4.26. The van der Waals surface area contributed by atoms with Gasteiger partial charge in [-0.1, -0.05) is 23.2 Å². The second-order valence-electron chi connectivity index (χ2n) is 4.74. The van der Waals surface area contributed by atoms with Gasteiger partial charge in [-0.2, -0.15) is 5.10 Å². The minimum absolute atomic E-state index is 0. The minimum atomic E-state index is -1.08. The summed E-state index contributed by atoms with van der Waals surface area (Å²) >= 11 is 11.6. The van der Waals surface area contributed by atoms with Crippen LogP contribution in [0.1, 0.15) is 29.8 Å². The first kappa shape index (κ1) is 28.6. The van der Waals surface area contributed by atoms with Crippen LogP contribution in [0.3, 0.4) is 0 Å². The van der Waals surface area contributed by atoms with Crippen molar-refractivity contribution in [1.29, 1.82) is 0 Å². The number of hydrazone groups is 1. The molecule has 12 heteroatoms. The SMILES string of the molecule is CC(=O)[O-].CC(=O)[O-].O=C(N/N=C/c1cc(Cl)cc(Cl)c1O)c1ccncc1.[Cu+2]. The van der Waals surface area contributed by atoms with Crippen LogP contribution in [0, 0.1) is 0 Å². The maximum atomic E-state index is 11.7. The monoisotopic (exact) mass is 490 g/mol. The number of benzene rings is 1. The van der Waals surface area contributed by atoms with Gasteiger partial charge in [-0.15, -0.1) is 0 Å². The van der Waals surface area contributed by atoms with Crippen LogP contribution < -0.4 is 15.6 Å². The smallest absolute Gasteiger partial charge is 0.550 e. The van der Waals surface area contributed by atoms with E-state index in [0.29, 0.717) is 16.1 Å². The molecule has 0 saturated carbocycles. The zero-order valence-corrected chi connectivity index (χ0v) is 17.4. The first-order chi connectivity index (χ1) is 13.0. The Bertz CT molecular complexity index is 831. The van der Waals surface area contributed by atoms with Gasteiger partial charge in [0.1, 0.15) is 5.75 Å². The Hall–Kier alpha value is -2.65. The Morgan fingerprint density at radius 3 is 2.07 bits per heavy atom. The third-order valence-corrected chi connectivity index (χ3v) is 2.88. The summed E-state index contributed by atoms with van der Waals surface area (Å²) in [6, 6.07) is 5.99. The second kappa shape index (κ2) is 15.3. The van der Waals surface area contributed by atoms with Gasteiger partial charge in [0.2, 0.25) is 0 Å². The number of carboxylic acids is 2. The van der Waals surface area contributed by atoms with E-state index in [1.807, 2.05) is 0 Å². The van der Waals surface area contributed by atoms with E-state index in [2.05, 4.69) is 15.5 Å². The molecule has 0 fully saturated rings. The van der Waals surface area contributed by atoms with Crippen molar-refractivity contribution < 1.29 is 46.8 Å². The van der Waals surface area contributed by atoms with Crippen molar-refractivity contribution in [2.24, 2.45) is 5.10 Å². The molecule has 0 atom stereocenters. The van der Waals surface area contributed by atoms with Crippen molar-refractivity contribution in [2.45, 2.75) is 13.8 Å². The fourth-order valence-electron chi connectivity index (χ4n) is 1.41. The molecule has 2 N–H and O–H groups in total. The Kier molecular flexibility index (Phi) is 15.1. The van der Waals surface area contributed by atoms with Gasteiger partial charge in [0.05, 0.1) is 11.2 Å². The van der Waals surface area contributed by atoms with E-state index < -0.39 is 17.8 Å². The molecule has 0 unspecified atom stereocenters. The van der Waals surface area contributed by atoms with Gasteiger partial charge in [0, 0.05) is 40.5 Å². The molecule has 1 aromatic carbocycles. The number of phenolic OH excluding ortho intramolecular Hbond substituents is 1. The summed E-state index contributed by atoms with van der Waals surface area (Å²) in [4.78, 5) is 33.3. The number of nitrogens with one attached hydrogen (secondary N) is 1. The minimum Gasteiger partial charge on any atom is -0.550 e. The number of nitrogens with zero attached hydrogens (tertiary/aromatic N) is 2. The van der Waals surface area contributed by atoms with E-state index in [4.69, 9.17) is 43.0 Å². The van der Waals surface area contributed by atoms with E-state index in [9.17, 15) is 9.90 Å². The van der Waals surface area contributed by atoms with Crippen molar-refractivity contribution in [3.05, 3.63) is 57.8 Å². The van der Waals surface area contributed by atoms with Gasteiger partial charge < -0.3 is 24.9 Å². The molecule has 1 aromatic heterocycles. The predicted molar refractivity (Wildman–Crippen MR) is 98.8 cm³/mol. The number of hydrogen-bond donors (Lipinski definition) is 2. The number of carboxylic acid groups (broad SMARTS) is 2. The molecule has 2 rings (SSSR count). The third kappa shape index (κ3) is 14.1. The standard InChI is InChI=1S/C13H9Cl2N3O2.2C2H4O2.Cu/c14-10-5-9(12(19)11(15)6-10)7-17-18-13(20)8-1-3-16-4-2-8;2*1-2(3)4;/h1-7,19H,(H,18,20);2*1H3,(H,3,4);/q;;;+2/p-2/b17-7+;;;. The number of phenols is 1. The van der Waals surface area contributed by atoms with E-state index in [1.54, 1.807) is 12.1 Å². The summed E-state index contributed by atoms with van der Waals surface area (Å²) in [7, 11) is 0. The first-order valence-electron chi connectivity index (χ1n) is 7.31. The van der Waals surface area contributed by atoms with Gasteiger partial charge in [-0.25, -0.2) is 5.43 Å². The quantitative estimate of drug-likeness (QED) is 0.357. The summed E-state index contributed by atoms with van der Waals surface area (Å²) in [5.41, 5.74) is 3.04. The summed E-state index contributed by atoms with van der Waals surface area (Å²) in [5, 5.41) is 31.7. The molecule has 0 aliphatic rings. The number of aliphatic carboxylic acids is 2. The van der Waals surface area contributed by atoms with Crippen molar-refractivity contribution in [1.82, 2.24) is 10.4 Å². The van der Waals surface area contributed by atoms with Crippen LogP contribution in [0.4, 0.5) is 0 Å². The van der Waals surface area contributed by atoms with E-state index in [-0.39, 0.29) is 27.8 Å². The van der Waals surface area contributed by atoms with Crippen LogP contribution >= 0.6 is 23.2 Å². The summed E-state index contributed by atoms with van der Waals surface area (Å²) < 4.78 is 0. The van der Waals surface area contributed by atoms with Gasteiger partial charge in [-0.05, 0) is 38.1 Å². The Morgan fingerprint density at radius 1 is 1.10 bits per heavy atom. The third-order valence-electron chi connectivity index (χ3n) is 2.37. The largest absolute Gasteiger partial charge is 2.00 e. The normalized spacial score (nSPS) is 9.10. The molecule has 2 aromatic rings. The van der Waals surface area contributed by atoms with Crippen molar-refractivity contribution >= 4 is 47.3 Å². The van der Waals surface area contributed by atoms with Gasteiger partial charge in [0.15, 0.2) is 0 Å². The van der Waals surface area contributed by atoms with E-state index >= 15 is 0 Å². The van der Waals surface area contributed by atoms with Crippen LogP contribution in [-0.4, -0.2) is 34.2 Å². The van der Waals surface area contributed by atoms with Crippen LogP contribution in [0.15, 0.2) is 41.8 Å². The van der Waals surface area contributed by atoms with Gasteiger partial charge >= 0.3 is 17.1 Å². The number of aromatic hydroxyl groups is 1. The van der Waals surface area contributed by atoms with Crippen LogP contribution in [0.5, 0.6) is 5.75 Å². The van der Waals surface area contributed by atoms with E-state index in [1.165, 1.54) is 30.7 Å². The van der Waals surface area contributed by atoms with Crippen LogP contribution in [-0.2, 0) is 26.7 Å². The molecule has 9 nitrogen and oxygen atoms in total. The summed E-state index contributed by atoms with van der Waals surface area (Å²) in [6.45, 7) is 1.94. The fraction of sp³-hybridized carbons (Fsp3) is 0.118.